The molecule has 0 saturated carbocycles. The lowest BCUT2D eigenvalue weighted by Gasteiger charge is -2.32. The molecule has 0 aromatic heterocycles. The van der Waals surface area contributed by atoms with Crippen molar-refractivity contribution >= 4 is 17.6 Å². The van der Waals surface area contributed by atoms with Gasteiger partial charge in [-0.1, -0.05) is 0 Å². The predicted molar refractivity (Wildman–Crippen MR) is 93.2 cm³/mol. The van der Waals surface area contributed by atoms with Gasteiger partial charge in [-0.05, 0) is 19.9 Å². The number of rotatable bonds is 7. The third-order valence-corrected chi connectivity index (χ3v) is 4.13. The van der Waals surface area contributed by atoms with Gasteiger partial charge in [0.15, 0.2) is 0 Å². The van der Waals surface area contributed by atoms with Crippen molar-refractivity contribution in [3.05, 3.63) is 39.4 Å². The van der Waals surface area contributed by atoms with Crippen LogP contribution in [-0.4, -0.2) is 67.2 Å². The first-order chi connectivity index (χ1) is 12.4. The molecule has 1 unspecified atom stereocenters. The molecule has 1 aromatic rings. The molecular formula is C17H23N3O6. The number of ether oxygens (including phenoxy) is 2. The number of nitrogens with one attached hydrogen (secondary N) is 1. The second-order valence-corrected chi connectivity index (χ2v) is 5.95. The van der Waals surface area contributed by atoms with E-state index in [1.165, 1.54) is 6.07 Å². The minimum absolute atomic E-state index is 0.0209. The molecule has 1 aliphatic rings. The van der Waals surface area contributed by atoms with Crippen molar-refractivity contribution in [2.75, 3.05) is 39.5 Å². The van der Waals surface area contributed by atoms with Crippen molar-refractivity contribution in [1.29, 1.82) is 0 Å². The molecule has 26 heavy (non-hydrogen) atoms. The third-order valence-electron chi connectivity index (χ3n) is 4.13. The lowest BCUT2D eigenvalue weighted by molar-refractivity contribution is -0.384. The number of morpholine rings is 1. The summed E-state index contributed by atoms with van der Waals surface area (Å²) >= 11 is 0. The van der Waals surface area contributed by atoms with Gasteiger partial charge in [0.25, 0.3) is 11.6 Å². The van der Waals surface area contributed by atoms with Crippen LogP contribution >= 0.6 is 0 Å². The van der Waals surface area contributed by atoms with Crippen molar-refractivity contribution in [3.63, 3.8) is 0 Å². The van der Waals surface area contributed by atoms with Crippen LogP contribution in [-0.2, 0) is 9.47 Å². The molecule has 1 saturated heterocycles. The van der Waals surface area contributed by atoms with Crippen LogP contribution in [0.15, 0.2) is 18.2 Å². The van der Waals surface area contributed by atoms with Crippen LogP contribution < -0.4 is 5.32 Å². The van der Waals surface area contributed by atoms with E-state index in [-0.39, 0.29) is 29.5 Å². The highest BCUT2D eigenvalue weighted by atomic mass is 16.6. The molecule has 1 N–H and O–H groups in total. The third kappa shape index (κ3) is 5.24. The Labute approximate surface area is 151 Å². The lowest BCUT2D eigenvalue weighted by Crippen LogP contribution is -2.47. The highest BCUT2D eigenvalue weighted by Crippen LogP contribution is 2.18. The number of nitro groups is 1. The summed E-state index contributed by atoms with van der Waals surface area (Å²) in [6.45, 7) is 7.05. The van der Waals surface area contributed by atoms with E-state index in [2.05, 4.69) is 10.2 Å². The lowest BCUT2D eigenvalue weighted by atomic mass is 10.1. The molecule has 0 radical (unpaired) electrons. The summed E-state index contributed by atoms with van der Waals surface area (Å²) in [5.41, 5.74) is -0.300. The summed E-state index contributed by atoms with van der Waals surface area (Å²) in [6.07, 6.45) is 0. The summed E-state index contributed by atoms with van der Waals surface area (Å²) in [6, 6.07) is 3.66. The van der Waals surface area contributed by atoms with Crippen LogP contribution in [0.2, 0.25) is 0 Å². The molecule has 9 heteroatoms. The highest BCUT2D eigenvalue weighted by molar-refractivity contribution is 5.99. The Hall–Kier alpha value is -2.52. The molecule has 1 amide bonds. The number of non-ortho nitro benzene ring substituents is 1. The SMILES string of the molecule is CCOC(=O)c1cc(C(=O)NCC(C)N2CCOCC2)cc([N+](=O)[O-])c1. The fraction of sp³-hybridized carbons (Fsp3) is 0.529. The second-order valence-electron chi connectivity index (χ2n) is 5.95. The topological polar surface area (TPSA) is 111 Å². The Kier molecular flexibility index (Phi) is 7.05. The van der Waals surface area contributed by atoms with Crippen molar-refractivity contribution < 1.29 is 24.0 Å². The van der Waals surface area contributed by atoms with Gasteiger partial charge < -0.3 is 14.8 Å². The first-order valence-corrected chi connectivity index (χ1v) is 8.49. The fourth-order valence-electron chi connectivity index (χ4n) is 2.67. The maximum absolute atomic E-state index is 12.4. The second kappa shape index (κ2) is 9.25. The van der Waals surface area contributed by atoms with Crippen molar-refractivity contribution in [3.8, 4) is 0 Å². The number of benzene rings is 1. The fourth-order valence-corrected chi connectivity index (χ4v) is 2.67. The Morgan fingerprint density at radius 2 is 1.96 bits per heavy atom. The molecule has 9 nitrogen and oxygen atoms in total. The van der Waals surface area contributed by atoms with Crippen molar-refractivity contribution in [1.82, 2.24) is 10.2 Å². The van der Waals surface area contributed by atoms with Gasteiger partial charge >= 0.3 is 5.97 Å². The minimum atomic E-state index is -0.702. The molecule has 0 aliphatic carbocycles. The molecule has 2 rings (SSSR count). The van der Waals surface area contributed by atoms with E-state index >= 15 is 0 Å². The van der Waals surface area contributed by atoms with E-state index in [1.807, 2.05) is 6.92 Å². The van der Waals surface area contributed by atoms with Crippen LogP contribution in [0.4, 0.5) is 5.69 Å². The van der Waals surface area contributed by atoms with Gasteiger partial charge in [-0.3, -0.25) is 19.8 Å². The zero-order chi connectivity index (χ0) is 19.1. The van der Waals surface area contributed by atoms with E-state index in [4.69, 9.17) is 9.47 Å². The van der Waals surface area contributed by atoms with Crippen LogP contribution in [0.3, 0.4) is 0 Å². The Morgan fingerprint density at radius 1 is 1.31 bits per heavy atom. The number of nitrogens with zero attached hydrogens (tertiary/aromatic N) is 2. The molecule has 0 bridgehead atoms. The van der Waals surface area contributed by atoms with Crippen molar-refractivity contribution in [2.45, 2.75) is 19.9 Å². The summed E-state index contributed by atoms with van der Waals surface area (Å²) in [7, 11) is 0. The molecule has 142 valence electrons. The van der Waals surface area contributed by atoms with Crippen LogP contribution in [0.1, 0.15) is 34.6 Å². The summed E-state index contributed by atoms with van der Waals surface area (Å²) < 4.78 is 10.2. The van der Waals surface area contributed by atoms with Crippen molar-refractivity contribution in [2.24, 2.45) is 0 Å². The molecule has 1 atom stereocenters. The molecule has 1 heterocycles. The summed E-state index contributed by atoms with van der Waals surface area (Å²) in [5.74, 6) is -1.17. The van der Waals surface area contributed by atoms with Gasteiger partial charge in [-0.25, -0.2) is 4.79 Å². The first kappa shape index (κ1) is 19.8. The van der Waals surface area contributed by atoms with Gasteiger partial charge in [0.2, 0.25) is 0 Å². The average molecular weight is 365 g/mol. The minimum Gasteiger partial charge on any atom is -0.462 e. The predicted octanol–water partition coefficient (Wildman–Crippen LogP) is 1.22. The summed E-state index contributed by atoms with van der Waals surface area (Å²) in [5, 5.41) is 13.8. The Morgan fingerprint density at radius 3 is 2.58 bits per heavy atom. The number of hydrogen-bond donors (Lipinski definition) is 1. The zero-order valence-corrected chi connectivity index (χ0v) is 14.9. The maximum Gasteiger partial charge on any atom is 0.338 e. The maximum atomic E-state index is 12.4. The van der Waals surface area contributed by atoms with Gasteiger partial charge in [-0.15, -0.1) is 0 Å². The van der Waals surface area contributed by atoms with E-state index in [9.17, 15) is 19.7 Å². The molecule has 1 aliphatic heterocycles. The monoisotopic (exact) mass is 365 g/mol. The standard InChI is InChI=1S/C17H23N3O6/c1-3-26-17(22)14-8-13(9-15(10-14)20(23)24)16(21)18-11-12(2)19-4-6-25-7-5-19/h8-10,12H,3-7,11H2,1-2H3,(H,18,21). The van der Waals surface area contributed by atoms with Gasteiger partial charge in [0, 0.05) is 43.4 Å². The Bertz CT molecular complexity index is 672. The number of hydrogen-bond acceptors (Lipinski definition) is 7. The molecule has 0 spiro atoms. The van der Waals surface area contributed by atoms with Crippen LogP contribution in [0.25, 0.3) is 0 Å². The van der Waals surface area contributed by atoms with Gasteiger partial charge in [0.05, 0.1) is 30.3 Å². The molecule has 1 aromatic carbocycles. The van der Waals surface area contributed by atoms with E-state index in [0.29, 0.717) is 19.8 Å². The van der Waals surface area contributed by atoms with Gasteiger partial charge in [0.1, 0.15) is 0 Å². The zero-order valence-electron chi connectivity index (χ0n) is 14.9. The number of carbonyl (C=O) groups is 2. The Balaban J connectivity index is 2.08. The normalized spacial score (nSPS) is 15.9. The molecular weight excluding hydrogens is 342 g/mol. The van der Waals surface area contributed by atoms with Crippen LogP contribution in [0.5, 0.6) is 0 Å². The van der Waals surface area contributed by atoms with Gasteiger partial charge in [-0.2, -0.15) is 0 Å². The smallest absolute Gasteiger partial charge is 0.338 e. The number of carbonyl (C=O) groups excluding carboxylic acids is 2. The van der Waals surface area contributed by atoms with E-state index in [1.54, 1.807) is 6.92 Å². The summed E-state index contributed by atoms with van der Waals surface area (Å²) in [4.78, 5) is 36.9. The molecule has 1 fully saturated rings. The first-order valence-electron chi connectivity index (χ1n) is 8.49. The number of amides is 1. The van der Waals surface area contributed by atoms with E-state index < -0.39 is 16.8 Å². The van der Waals surface area contributed by atoms with E-state index in [0.717, 1.165) is 25.2 Å². The van der Waals surface area contributed by atoms with Crippen LogP contribution in [0, 0.1) is 10.1 Å². The number of nitro benzene ring substituents is 1. The quantitative estimate of drug-likeness (QED) is 0.439. The number of esters is 1. The average Bonchev–Trinajstić information content (AvgIpc) is 2.66. The highest BCUT2D eigenvalue weighted by Gasteiger charge is 2.21. The largest absolute Gasteiger partial charge is 0.462 e.